The Hall–Kier alpha value is -2.27. The largest absolute Gasteiger partial charge is 0.326 e. The fourth-order valence-corrected chi connectivity index (χ4v) is 2.43. The highest BCUT2D eigenvalue weighted by Gasteiger charge is 2.13. The van der Waals surface area contributed by atoms with Crippen LogP contribution in [0.5, 0.6) is 0 Å². The molecule has 0 saturated heterocycles. The highest BCUT2D eigenvalue weighted by Crippen LogP contribution is 2.24. The van der Waals surface area contributed by atoms with Gasteiger partial charge in [0.05, 0.1) is 11.0 Å². The van der Waals surface area contributed by atoms with E-state index in [1.807, 2.05) is 12.1 Å². The minimum absolute atomic E-state index is 0.276. The van der Waals surface area contributed by atoms with Crippen LogP contribution < -0.4 is 5.73 Å². The molecule has 1 aromatic carbocycles. The van der Waals surface area contributed by atoms with Crippen molar-refractivity contribution < 1.29 is 4.39 Å². The number of halogens is 1. The molecule has 3 aromatic rings. The molecule has 2 aromatic heterocycles. The van der Waals surface area contributed by atoms with Crippen LogP contribution in [-0.2, 0) is 13.1 Å². The van der Waals surface area contributed by atoms with Crippen molar-refractivity contribution in [2.45, 2.75) is 26.4 Å². The van der Waals surface area contributed by atoms with Gasteiger partial charge in [-0.2, -0.15) is 0 Å². The van der Waals surface area contributed by atoms with Gasteiger partial charge >= 0.3 is 0 Å². The maximum Gasteiger partial charge on any atom is 0.159 e. The van der Waals surface area contributed by atoms with Crippen LogP contribution >= 0.6 is 0 Å². The Morgan fingerprint density at radius 3 is 2.76 bits per heavy atom. The van der Waals surface area contributed by atoms with Crippen molar-refractivity contribution in [1.29, 1.82) is 0 Å². The summed E-state index contributed by atoms with van der Waals surface area (Å²) in [5.74, 6) is 0.489. The Morgan fingerprint density at radius 1 is 1.24 bits per heavy atom. The van der Waals surface area contributed by atoms with Gasteiger partial charge in [-0.05, 0) is 30.2 Å². The monoisotopic (exact) mass is 284 g/mol. The number of imidazole rings is 1. The molecule has 5 heteroatoms. The van der Waals surface area contributed by atoms with Crippen molar-refractivity contribution in [2.75, 3.05) is 0 Å². The molecule has 0 saturated carbocycles. The molecule has 108 valence electrons. The number of nitrogens with two attached hydrogens (primary N) is 1. The molecule has 0 spiro atoms. The average molecular weight is 284 g/mol. The first-order valence-corrected chi connectivity index (χ1v) is 7.04. The van der Waals surface area contributed by atoms with Crippen LogP contribution in [0.25, 0.3) is 22.6 Å². The second-order valence-corrected chi connectivity index (χ2v) is 4.98. The smallest absolute Gasteiger partial charge is 0.159 e. The molecule has 0 unspecified atom stereocenters. The average Bonchev–Trinajstić information content (AvgIpc) is 2.85. The number of hydrogen-bond donors (Lipinski definition) is 1. The first-order valence-electron chi connectivity index (χ1n) is 7.04. The number of nitrogens with zero attached hydrogens (tertiary/aromatic N) is 3. The van der Waals surface area contributed by atoms with Gasteiger partial charge in [-0.3, -0.25) is 4.98 Å². The summed E-state index contributed by atoms with van der Waals surface area (Å²) >= 11 is 0. The van der Waals surface area contributed by atoms with Crippen LogP contribution in [0.15, 0.2) is 36.5 Å². The van der Waals surface area contributed by atoms with Crippen molar-refractivity contribution in [3.05, 3.63) is 47.9 Å². The van der Waals surface area contributed by atoms with E-state index in [-0.39, 0.29) is 5.82 Å². The standard InChI is InChI=1S/C16H17FN4/c1-2-7-21-15-6-4-12(17)8-14(15)20-16(21)13-5-3-11(9-18)10-19-13/h3-6,8,10H,2,7,9,18H2,1H3. The summed E-state index contributed by atoms with van der Waals surface area (Å²) in [6.07, 6.45) is 2.72. The topological polar surface area (TPSA) is 56.7 Å². The highest BCUT2D eigenvalue weighted by molar-refractivity contribution is 5.80. The number of fused-ring (bicyclic) bond motifs is 1. The van der Waals surface area contributed by atoms with E-state index < -0.39 is 0 Å². The van der Waals surface area contributed by atoms with E-state index in [0.29, 0.717) is 12.1 Å². The van der Waals surface area contributed by atoms with Gasteiger partial charge in [-0.25, -0.2) is 9.37 Å². The van der Waals surface area contributed by atoms with Crippen molar-refractivity contribution in [3.63, 3.8) is 0 Å². The zero-order chi connectivity index (χ0) is 14.8. The molecule has 0 bridgehead atoms. The summed E-state index contributed by atoms with van der Waals surface area (Å²) in [7, 11) is 0. The van der Waals surface area contributed by atoms with Crippen LogP contribution in [0, 0.1) is 5.82 Å². The van der Waals surface area contributed by atoms with Gasteiger partial charge in [0.25, 0.3) is 0 Å². The second-order valence-electron chi connectivity index (χ2n) is 4.98. The minimum Gasteiger partial charge on any atom is -0.326 e. The number of aromatic nitrogens is 3. The quantitative estimate of drug-likeness (QED) is 0.801. The summed E-state index contributed by atoms with van der Waals surface area (Å²) in [5.41, 5.74) is 8.93. The van der Waals surface area contributed by atoms with Gasteiger partial charge < -0.3 is 10.3 Å². The summed E-state index contributed by atoms with van der Waals surface area (Å²) in [6.45, 7) is 3.38. The van der Waals surface area contributed by atoms with Crippen LogP contribution in [-0.4, -0.2) is 14.5 Å². The van der Waals surface area contributed by atoms with Crippen LogP contribution in [0.1, 0.15) is 18.9 Å². The third-order valence-electron chi connectivity index (χ3n) is 3.45. The Bertz CT molecular complexity index is 762. The van der Waals surface area contributed by atoms with Gasteiger partial charge in [-0.1, -0.05) is 13.0 Å². The number of pyridine rings is 1. The van der Waals surface area contributed by atoms with Gasteiger partial charge in [0.2, 0.25) is 0 Å². The first-order chi connectivity index (χ1) is 10.2. The lowest BCUT2D eigenvalue weighted by Gasteiger charge is -2.07. The van der Waals surface area contributed by atoms with Crippen molar-refractivity contribution in [3.8, 4) is 11.5 Å². The van der Waals surface area contributed by atoms with E-state index in [2.05, 4.69) is 21.5 Å². The molecule has 0 aliphatic heterocycles. The zero-order valence-electron chi connectivity index (χ0n) is 11.9. The SMILES string of the molecule is CCCn1c(-c2ccc(CN)cn2)nc2cc(F)ccc21. The lowest BCUT2D eigenvalue weighted by molar-refractivity contribution is 0.629. The molecule has 0 aliphatic carbocycles. The summed E-state index contributed by atoms with van der Waals surface area (Å²) in [6, 6.07) is 8.54. The van der Waals surface area contributed by atoms with E-state index >= 15 is 0 Å². The van der Waals surface area contributed by atoms with Gasteiger partial charge in [0.1, 0.15) is 11.5 Å². The molecule has 0 aliphatic rings. The first kappa shape index (κ1) is 13.7. The number of hydrogen-bond acceptors (Lipinski definition) is 3. The third-order valence-corrected chi connectivity index (χ3v) is 3.45. The van der Waals surface area contributed by atoms with E-state index in [1.54, 1.807) is 12.3 Å². The van der Waals surface area contributed by atoms with Crippen molar-refractivity contribution >= 4 is 11.0 Å². The lowest BCUT2D eigenvalue weighted by Crippen LogP contribution is -2.02. The molecule has 21 heavy (non-hydrogen) atoms. The number of benzene rings is 1. The maximum absolute atomic E-state index is 13.4. The van der Waals surface area contributed by atoms with Crippen LogP contribution in [0.2, 0.25) is 0 Å². The van der Waals surface area contributed by atoms with E-state index in [1.165, 1.54) is 12.1 Å². The van der Waals surface area contributed by atoms with E-state index in [4.69, 9.17) is 5.73 Å². The molecule has 0 fully saturated rings. The normalized spacial score (nSPS) is 11.2. The van der Waals surface area contributed by atoms with Crippen LogP contribution in [0.4, 0.5) is 4.39 Å². The maximum atomic E-state index is 13.4. The van der Waals surface area contributed by atoms with Crippen molar-refractivity contribution in [1.82, 2.24) is 14.5 Å². The number of aryl methyl sites for hydroxylation is 1. The fraction of sp³-hybridized carbons (Fsp3) is 0.250. The molecule has 0 amide bonds. The van der Waals surface area contributed by atoms with E-state index in [0.717, 1.165) is 35.6 Å². The Balaban J connectivity index is 2.17. The lowest BCUT2D eigenvalue weighted by atomic mass is 10.2. The van der Waals surface area contributed by atoms with Crippen LogP contribution in [0.3, 0.4) is 0 Å². The molecular weight excluding hydrogens is 267 g/mol. The van der Waals surface area contributed by atoms with E-state index in [9.17, 15) is 4.39 Å². The van der Waals surface area contributed by atoms with Crippen molar-refractivity contribution in [2.24, 2.45) is 5.73 Å². The molecule has 4 nitrogen and oxygen atoms in total. The Morgan fingerprint density at radius 2 is 2.10 bits per heavy atom. The summed E-state index contributed by atoms with van der Waals surface area (Å²) < 4.78 is 15.5. The summed E-state index contributed by atoms with van der Waals surface area (Å²) in [5, 5.41) is 0. The molecule has 0 radical (unpaired) electrons. The Kier molecular flexibility index (Phi) is 3.66. The van der Waals surface area contributed by atoms with Gasteiger partial charge in [-0.15, -0.1) is 0 Å². The second kappa shape index (κ2) is 5.61. The van der Waals surface area contributed by atoms with Gasteiger partial charge in [0, 0.05) is 25.4 Å². The highest BCUT2D eigenvalue weighted by atomic mass is 19.1. The van der Waals surface area contributed by atoms with Gasteiger partial charge in [0.15, 0.2) is 5.82 Å². The predicted molar refractivity (Wildman–Crippen MR) is 81.1 cm³/mol. The third kappa shape index (κ3) is 2.52. The molecule has 2 heterocycles. The summed E-state index contributed by atoms with van der Waals surface area (Å²) in [4.78, 5) is 8.97. The zero-order valence-corrected chi connectivity index (χ0v) is 11.9. The molecule has 2 N–H and O–H groups in total. The molecular formula is C16H17FN4. The Labute approximate surface area is 122 Å². The fourth-order valence-electron chi connectivity index (χ4n) is 2.43. The molecule has 3 rings (SSSR count). The minimum atomic E-state index is -0.276. The molecule has 0 atom stereocenters. The predicted octanol–water partition coefficient (Wildman–Crippen LogP) is 3.11. The number of rotatable bonds is 4.